The zero-order chi connectivity index (χ0) is 13.0. The monoisotopic (exact) mass is 247 g/mol. The van der Waals surface area contributed by atoms with E-state index in [2.05, 4.69) is 5.32 Å². The van der Waals surface area contributed by atoms with E-state index in [0.29, 0.717) is 0 Å². The maximum Gasteiger partial charge on any atom is 0.227 e. The van der Waals surface area contributed by atoms with Crippen LogP contribution in [0.3, 0.4) is 0 Å². The number of amides is 1. The van der Waals surface area contributed by atoms with E-state index in [9.17, 15) is 9.90 Å². The molecule has 0 unspecified atom stereocenters. The maximum absolute atomic E-state index is 12.2. The molecule has 1 aliphatic carbocycles. The molecule has 18 heavy (non-hydrogen) atoms. The van der Waals surface area contributed by atoms with E-state index in [1.807, 2.05) is 6.92 Å². The Bertz CT molecular complexity index is 421. The SMILES string of the molecule is Cc1cc(O)ccc1NC(=O)C1CCCCCC1. The number of hydrogen-bond acceptors (Lipinski definition) is 2. The molecule has 0 aromatic heterocycles. The Morgan fingerprint density at radius 1 is 1.22 bits per heavy atom. The highest BCUT2D eigenvalue weighted by Crippen LogP contribution is 2.26. The number of anilines is 1. The van der Waals surface area contributed by atoms with E-state index in [-0.39, 0.29) is 17.6 Å². The Morgan fingerprint density at radius 2 is 1.89 bits per heavy atom. The number of nitrogens with one attached hydrogen (secondary N) is 1. The summed E-state index contributed by atoms with van der Waals surface area (Å²) in [6.45, 7) is 1.89. The highest BCUT2D eigenvalue weighted by molar-refractivity contribution is 5.93. The molecule has 3 nitrogen and oxygen atoms in total. The molecule has 0 spiro atoms. The number of carbonyl (C=O) groups excluding carboxylic acids is 1. The van der Waals surface area contributed by atoms with Crippen LogP contribution in [0.1, 0.15) is 44.1 Å². The Hall–Kier alpha value is -1.51. The molecule has 1 saturated carbocycles. The van der Waals surface area contributed by atoms with Gasteiger partial charge in [0.15, 0.2) is 0 Å². The van der Waals surface area contributed by atoms with Crippen LogP contribution >= 0.6 is 0 Å². The van der Waals surface area contributed by atoms with Gasteiger partial charge in [-0.05, 0) is 43.5 Å². The first-order valence-electron chi connectivity index (χ1n) is 6.77. The molecule has 0 aliphatic heterocycles. The topological polar surface area (TPSA) is 49.3 Å². The summed E-state index contributed by atoms with van der Waals surface area (Å²) >= 11 is 0. The average molecular weight is 247 g/mol. The second-order valence-electron chi connectivity index (χ2n) is 5.18. The zero-order valence-corrected chi connectivity index (χ0v) is 10.9. The second kappa shape index (κ2) is 5.89. The van der Waals surface area contributed by atoms with Crippen LogP contribution in [0.15, 0.2) is 18.2 Å². The largest absolute Gasteiger partial charge is 0.508 e. The summed E-state index contributed by atoms with van der Waals surface area (Å²) < 4.78 is 0. The predicted molar refractivity (Wildman–Crippen MR) is 72.7 cm³/mol. The van der Waals surface area contributed by atoms with Crippen molar-refractivity contribution in [3.8, 4) is 5.75 Å². The smallest absolute Gasteiger partial charge is 0.227 e. The van der Waals surface area contributed by atoms with Crippen molar-refractivity contribution < 1.29 is 9.90 Å². The van der Waals surface area contributed by atoms with Gasteiger partial charge in [-0.3, -0.25) is 4.79 Å². The van der Waals surface area contributed by atoms with Gasteiger partial charge in [-0.15, -0.1) is 0 Å². The minimum absolute atomic E-state index is 0.130. The molecule has 98 valence electrons. The van der Waals surface area contributed by atoms with Gasteiger partial charge < -0.3 is 10.4 Å². The summed E-state index contributed by atoms with van der Waals surface area (Å²) in [4.78, 5) is 12.2. The van der Waals surface area contributed by atoms with Gasteiger partial charge in [0.1, 0.15) is 5.75 Å². The van der Waals surface area contributed by atoms with Crippen molar-refractivity contribution in [3.05, 3.63) is 23.8 Å². The molecular formula is C15H21NO2. The molecule has 0 saturated heterocycles. The molecule has 1 fully saturated rings. The molecule has 2 N–H and O–H groups in total. The summed E-state index contributed by atoms with van der Waals surface area (Å²) in [7, 11) is 0. The minimum Gasteiger partial charge on any atom is -0.508 e. The molecule has 0 atom stereocenters. The van der Waals surface area contributed by atoms with Crippen LogP contribution in [0, 0.1) is 12.8 Å². The van der Waals surface area contributed by atoms with Crippen molar-refractivity contribution in [3.63, 3.8) is 0 Å². The first kappa shape index (κ1) is 12.9. The first-order chi connectivity index (χ1) is 8.66. The molecule has 0 heterocycles. The fourth-order valence-corrected chi connectivity index (χ4v) is 2.56. The van der Waals surface area contributed by atoms with Gasteiger partial charge in [0.2, 0.25) is 5.91 Å². The van der Waals surface area contributed by atoms with Crippen LogP contribution in [0.5, 0.6) is 5.75 Å². The van der Waals surface area contributed by atoms with Gasteiger partial charge in [0.05, 0.1) is 0 Å². The van der Waals surface area contributed by atoms with Gasteiger partial charge >= 0.3 is 0 Å². The van der Waals surface area contributed by atoms with Crippen molar-refractivity contribution in [2.24, 2.45) is 5.92 Å². The molecule has 3 heteroatoms. The summed E-state index contributed by atoms with van der Waals surface area (Å²) in [6.07, 6.45) is 6.83. The molecule has 1 aliphatic rings. The number of benzene rings is 1. The van der Waals surface area contributed by atoms with Gasteiger partial charge in [-0.1, -0.05) is 25.7 Å². The van der Waals surface area contributed by atoms with Gasteiger partial charge in [0.25, 0.3) is 0 Å². The Balaban J connectivity index is 2.01. The molecule has 1 aromatic carbocycles. The molecule has 2 rings (SSSR count). The lowest BCUT2D eigenvalue weighted by molar-refractivity contribution is -0.120. The summed E-state index contributed by atoms with van der Waals surface area (Å²) in [6, 6.07) is 5.04. The number of aryl methyl sites for hydroxylation is 1. The summed E-state index contributed by atoms with van der Waals surface area (Å²) in [5, 5.41) is 12.3. The van der Waals surface area contributed by atoms with Gasteiger partial charge in [-0.25, -0.2) is 0 Å². The minimum atomic E-state index is 0.130. The van der Waals surface area contributed by atoms with Crippen LogP contribution in [0.4, 0.5) is 5.69 Å². The molecule has 0 bridgehead atoms. The van der Waals surface area contributed by atoms with Crippen LogP contribution in [0.2, 0.25) is 0 Å². The standard InChI is InChI=1S/C15H21NO2/c1-11-10-13(17)8-9-14(11)16-15(18)12-6-4-2-3-5-7-12/h8-10,12,17H,2-7H2,1H3,(H,16,18). The number of phenolic OH excluding ortho intramolecular Hbond substituents is 1. The van der Waals surface area contributed by atoms with Crippen molar-refractivity contribution in [2.75, 3.05) is 5.32 Å². The highest BCUT2D eigenvalue weighted by atomic mass is 16.3. The van der Waals surface area contributed by atoms with E-state index in [1.54, 1.807) is 18.2 Å². The first-order valence-corrected chi connectivity index (χ1v) is 6.77. The predicted octanol–water partition coefficient (Wildman–Crippen LogP) is 3.61. The van der Waals surface area contributed by atoms with Crippen LogP contribution in [0.25, 0.3) is 0 Å². The van der Waals surface area contributed by atoms with Crippen molar-refractivity contribution in [2.45, 2.75) is 45.4 Å². The van der Waals surface area contributed by atoms with E-state index in [0.717, 1.165) is 36.9 Å². The quantitative estimate of drug-likeness (QED) is 0.619. The third-order valence-corrected chi connectivity index (χ3v) is 3.69. The molecule has 1 aromatic rings. The third kappa shape index (κ3) is 3.25. The number of carbonyl (C=O) groups is 1. The molecule has 1 amide bonds. The molecular weight excluding hydrogens is 226 g/mol. The van der Waals surface area contributed by atoms with E-state index in [1.165, 1.54) is 12.8 Å². The Morgan fingerprint density at radius 3 is 2.50 bits per heavy atom. The maximum atomic E-state index is 12.2. The highest BCUT2D eigenvalue weighted by Gasteiger charge is 2.20. The van der Waals surface area contributed by atoms with Crippen molar-refractivity contribution in [1.82, 2.24) is 0 Å². The van der Waals surface area contributed by atoms with Crippen LogP contribution in [-0.4, -0.2) is 11.0 Å². The van der Waals surface area contributed by atoms with Crippen molar-refractivity contribution in [1.29, 1.82) is 0 Å². The number of hydrogen-bond donors (Lipinski definition) is 2. The fourth-order valence-electron chi connectivity index (χ4n) is 2.56. The van der Waals surface area contributed by atoms with Crippen LogP contribution < -0.4 is 5.32 Å². The van der Waals surface area contributed by atoms with E-state index >= 15 is 0 Å². The number of rotatable bonds is 2. The second-order valence-corrected chi connectivity index (χ2v) is 5.18. The van der Waals surface area contributed by atoms with E-state index in [4.69, 9.17) is 0 Å². The lowest BCUT2D eigenvalue weighted by atomic mass is 9.99. The normalized spacial score (nSPS) is 17.2. The Kier molecular flexibility index (Phi) is 4.24. The van der Waals surface area contributed by atoms with E-state index < -0.39 is 0 Å². The van der Waals surface area contributed by atoms with Crippen LogP contribution in [-0.2, 0) is 4.79 Å². The summed E-state index contributed by atoms with van der Waals surface area (Å²) in [5.41, 5.74) is 1.71. The van der Waals surface area contributed by atoms with Gasteiger partial charge in [-0.2, -0.15) is 0 Å². The Labute approximate surface area is 108 Å². The average Bonchev–Trinajstić information content (AvgIpc) is 2.61. The number of phenols is 1. The summed E-state index contributed by atoms with van der Waals surface area (Å²) in [5.74, 6) is 0.520. The lowest BCUT2D eigenvalue weighted by Crippen LogP contribution is -2.22. The number of aromatic hydroxyl groups is 1. The molecule has 0 radical (unpaired) electrons. The zero-order valence-electron chi connectivity index (χ0n) is 10.9. The third-order valence-electron chi connectivity index (χ3n) is 3.69. The van der Waals surface area contributed by atoms with Gasteiger partial charge in [0, 0.05) is 11.6 Å². The lowest BCUT2D eigenvalue weighted by Gasteiger charge is -2.15. The van der Waals surface area contributed by atoms with Crippen molar-refractivity contribution >= 4 is 11.6 Å². The fraction of sp³-hybridized carbons (Fsp3) is 0.533.